The number of aliphatic hydroxyl groups is 1. The molecule has 9 nitrogen and oxygen atoms in total. The molecule has 2 saturated heterocycles. The maximum atomic E-state index is 14.1. The first-order valence-corrected chi connectivity index (χ1v) is 17.6. The Morgan fingerprint density at radius 3 is 2.63 bits per heavy atom. The van der Waals surface area contributed by atoms with Gasteiger partial charge in [0.15, 0.2) is 0 Å². The van der Waals surface area contributed by atoms with Crippen LogP contribution >= 0.6 is 34.3 Å². The Hall–Kier alpha value is -3.48. The van der Waals surface area contributed by atoms with Gasteiger partial charge < -0.3 is 10.0 Å². The van der Waals surface area contributed by atoms with E-state index in [0.717, 1.165) is 42.3 Å². The lowest BCUT2D eigenvalue weighted by Gasteiger charge is -2.43. The largest absolute Gasteiger partial charge is 0.388 e. The quantitative estimate of drug-likeness (QED) is 0.240. The van der Waals surface area contributed by atoms with Crippen molar-refractivity contribution in [3.05, 3.63) is 97.4 Å². The summed E-state index contributed by atoms with van der Waals surface area (Å²) in [6, 6.07) is 14.4. The van der Waals surface area contributed by atoms with Crippen LogP contribution < -0.4 is 5.56 Å². The van der Waals surface area contributed by atoms with Gasteiger partial charge in [-0.15, -0.1) is 22.7 Å². The molecule has 2 fully saturated rings. The second-order valence-corrected chi connectivity index (χ2v) is 15.1. The average Bonchev–Trinajstić information content (AvgIpc) is 3.70. The van der Waals surface area contributed by atoms with Crippen molar-refractivity contribution in [1.82, 2.24) is 29.3 Å². The molecule has 12 heteroatoms. The van der Waals surface area contributed by atoms with E-state index in [1.807, 2.05) is 48.5 Å². The SMILES string of the molecule is Cc1ccc(-c2ncc(CN3CC[C@@H](C(=O)N4CCC(O)(Cn5cnc6c(Cl)scc6c5=O)CC4)[C@H](c4ccccc4)C3)s2)cn1. The maximum Gasteiger partial charge on any atom is 0.262 e. The highest BCUT2D eigenvalue weighted by Gasteiger charge is 2.41. The molecule has 2 atom stereocenters. The number of fused-ring (bicyclic) bond motifs is 1. The summed E-state index contributed by atoms with van der Waals surface area (Å²) in [6.45, 7) is 5.40. The van der Waals surface area contributed by atoms with Crippen LogP contribution in [0.2, 0.25) is 4.34 Å². The van der Waals surface area contributed by atoms with Crippen molar-refractivity contribution in [1.29, 1.82) is 0 Å². The minimum atomic E-state index is -1.10. The Morgan fingerprint density at radius 1 is 1.07 bits per heavy atom. The first-order valence-electron chi connectivity index (χ1n) is 15.5. The van der Waals surface area contributed by atoms with Gasteiger partial charge in [0.25, 0.3) is 5.56 Å². The Bertz CT molecular complexity index is 1900. The minimum absolute atomic E-state index is 0.0609. The van der Waals surface area contributed by atoms with Crippen LogP contribution in [0.5, 0.6) is 0 Å². The van der Waals surface area contributed by atoms with Gasteiger partial charge in [0, 0.05) is 71.9 Å². The smallest absolute Gasteiger partial charge is 0.262 e. The molecule has 5 aromatic rings. The van der Waals surface area contributed by atoms with Crippen molar-refractivity contribution in [2.24, 2.45) is 5.92 Å². The van der Waals surface area contributed by atoms with E-state index in [-0.39, 0.29) is 29.8 Å². The molecule has 0 aliphatic carbocycles. The van der Waals surface area contributed by atoms with Crippen LogP contribution in [-0.4, -0.2) is 72.1 Å². The number of carbonyl (C=O) groups excluding carboxylic acids is 1. The number of aromatic nitrogens is 4. The number of amides is 1. The Labute approximate surface area is 280 Å². The molecule has 0 saturated carbocycles. The average molecular weight is 675 g/mol. The van der Waals surface area contributed by atoms with Crippen molar-refractivity contribution >= 4 is 51.1 Å². The summed E-state index contributed by atoms with van der Waals surface area (Å²) >= 11 is 9.13. The molecule has 1 N–H and O–H groups in total. The molecule has 1 amide bonds. The third-order valence-electron chi connectivity index (χ3n) is 9.34. The van der Waals surface area contributed by atoms with E-state index in [0.29, 0.717) is 41.2 Å². The number of hydrogen-bond acceptors (Lipinski definition) is 9. The fourth-order valence-electron chi connectivity index (χ4n) is 6.73. The van der Waals surface area contributed by atoms with E-state index in [1.54, 1.807) is 16.7 Å². The number of halogens is 1. The van der Waals surface area contributed by atoms with Gasteiger partial charge in [-0.25, -0.2) is 9.97 Å². The summed E-state index contributed by atoms with van der Waals surface area (Å²) in [5, 5.41) is 14.6. The lowest BCUT2D eigenvalue weighted by Crippen LogP contribution is -2.53. The van der Waals surface area contributed by atoms with Crippen LogP contribution in [0.15, 0.2) is 71.4 Å². The summed E-state index contributed by atoms with van der Waals surface area (Å²) in [4.78, 5) is 46.1. The van der Waals surface area contributed by atoms with E-state index < -0.39 is 5.60 Å². The number of carbonyl (C=O) groups is 1. The Balaban J connectivity index is 1.02. The van der Waals surface area contributed by atoms with Crippen LogP contribution in [0.1, 0.15) is 41.3 Å². The van der Waals surface area contributed by atoms with E-state index in [9.17, 15) is 14.7 Å². The van der Waals surface area contributed by atoms with E-state index in [2.05, 4.69) is 38.1 Å². The number of hydrogen-bond donors (Lipinski definition) is 1. The monoisotopic (exact) mass is 674 g/mol. The first kappa shape index (κ1) is 31.1. The standard InChI is InChI=1S/C34H35ClN6O3S2/c1-22-7-8-24(15-36-22)31-37-16-25(46-31)17-39-12-9-26(27(18-39)23-5-3-2-4-6-23)32(42)40-13-10-34(44,11-14-40)20-41-21-38-29-28(33(41)43)19-45-30(29)35/h2-8,15-16,19,21,26-27,44H,9-14,17-18,20H2,1H3/t26-,27+/m1/s1. The molecule has 1 aromatic carbocycles. The third-order valence-corrected chi connectivity index (χ3v) is 11.6. The maximum absolute atomic E-state index is 14.1. The molecule has 4 aromatic heterocycles. The van der Waals surface area contributed by atoms with Gasteiger partial charge in [-0.2, -0.15) is 0 Å². The van der Waals surface area contributed by atoms with Gasteiger partial charge in [0.05, 0.1) is 23.9 Å². The predicted octanol–water partition coefficient (Wildman–Crippen LogP) is 5.60. The summed E-state index contributed by atoms with van der Waals surface area (Å²) in [5.41, 5.74) is 2.37. The Morgan fingerprint density at radius 2 is 1.87 bits per heavy atom. The number of likely N-dealkylation sites (tertiary alicyclic amines) is 2. The molecule has 238 valence electrons. The highest BCUT2D eigenvalue weighted by atomic mass is 35.5. The van der Waals surface area contributed by atoms with Crippen LogP contribution in [0.25, 0.3) is 21.5 Å². The number of thiazole rings is 1. The third kappa shape index (κ3) is 6.39. The van der Waals surface area contributed by atoms with E-state index in [1.165, 1.54) is 32.7 Å². The zero-order valence-corrected chi connectivity index (χ0v) is 27.9. The number of nitrogens with zero attached hydrogens (tertiary/aromatic N) is 6. The minimum Gasteiger partial charge on any atom is -0.388 e. The van der Waals surface area contributed by atoms with Gasteiger partial charge in [0.2, 0.25) is 5.91 Å². The molecule has 0 radical (unpaired) electrons. The molecule has 0 bridgehead atoms. The summed E-state index contributed by atoms with van der Waals surface area (Å²) in [7, 11) is 0. The summed E-state index contributed by atoms with van der Waals surface area (Å²) < 4.78 is 1.95. The van der Waals surface area contributed by atoms with E-state index in [4.69, 9.17) is 11.6 Å². The van der Waals surface area contributed by atoms with Gasteiger partial charge >= 0.3 is 0 Å². The normalized spacial score (nSPS) is 20.3. The lowest BCUT2D eigenvalue weighted by molar-refractivity contribution is -0.142. The highest BCUT2D eigenvalue weighted by molar-refractivity contribution is 7.16. The molecule has 2 aliphatic rings. The number of thiophene rings is 1. The Kier molecular flexibility index (Phi) is 8.77. The fraction of sp³-hybridized carbons (Fsp3) is 0.382. The van der Waals surface area contributed by atoms with Crippen molar-refractivity contribution in [2.75, 3.05) is 26.2 Å². The molecule has 7 rings (SSSR count). The fourth-order valence-corrected chi connectivity index (χ4v) is 8.66. The zero-order valence-electron chi connectivity index (χ0n) is 25.5. The summed E-state index contributed by atoms with van der Waals surface area (Å²) in [6.07, 6.45) is 6.85. The molecule has 2 aliphatic heterocycles. The van der Waals surface area contributed by atoms with Crippen LogP contribution in [0, 0.1) is 12.8 Å². The number of rotatable bonds is 7. The van der Waals surface area contributed by atoms with Crippen LogP contribution in [0.4, 0.5) is 0 Å². The zero-order chi connectivity index (χ0) is 31.8. The molecule has 0 unspecified atom stereocenters. The van der Waals surface area contributed by atoms with Crippen molar-refractivity contribution in [2.45, 2.75) is 50.8 Å². The van der Waals surface area contributed by atoms with Gasteiger partial charge in [-0.05, 0) is 50.4 Å². The van der Waals surface area contributed by atoms with Gasteiger partial charge in [0.1, 0.15) is 14.9 Å². The van der Waals surface area contributed by atoms with Crippen LogP contribution in [-0.2, 0) is 17.9 Å². The predicted molar refractivity (Wildman–Crippen MR) is 182 cm³/mol. The molecular formula is C34H35ClN6O3S2. The van der Waals surface area contributed by atoms with Gasteiger partial charge in [-0.3, -0.25) is 24.0 Å². The molecule has 6 heterocycles. The topological polar surface area (TPSA) is 104 Å². The van der Waals surface area contributed by atoms with Crippen molar-refractivity contribution < 1.29 is 9.90 Å². The van der Waals surface area contributed by atoms with Crippen molar-refractivity contribution in [3.63, 3.8) is 0 Å². The lowest BCUT2D eigenvalue weighted by atomic mass is 9.79. The molecular weight excluding hydrogens is 640 g/mol. The van der Waals surface area contributed by atoms with E-state index >= 15 is 0 Å². The first-order chi connectivity index (χ1) is 22.3. The second-order valence-electron chi connectivity index (χ2n) is 12.5. The van der Waals surface area contributed by atoms with Crippen LogP contribution in [0.3, 0.4) is 0 Å². The van der Waals surface area contributed by atoms with Crippen molar-refractivity contribution in [3.8, 4) is 10.6 Å². The second kappa shape index (κ2) is 13.0. The highest BCUT2D eigenvalue weighted by Crippen LogP contribution is 2.37. The molecule has 0 spiro atoms. The summed E-state index contributed by atoms with van der Waals surface area (Å²) in [5.74, 6) is 0.0690. The number of piperidine rings is 2. The number of pyridine rings is 1. The molecule has 46 heavy (non-hydrogen) atoms. The number of aryl methyl sites for hydroxylation is 1. The van der Waals surface area contributed by atoms with Gasteiger partial charge in [-0.1, -0.05) is 41.9 Å². The number of benzene rings is 1.